The first kappa shape index (κ1) is 15.3. The minimum atomic E-state index is -0.508. The van der Waals surface area contributed by atoms with Gasteiger partial charge < -0.3 is 9.47 Å². The van der Waals surface area contributed by atoms with Crippen molar-refractivity contribution in [2.24, 2.45) is 0 Å². The molecule has 0 saturated carbocycles. The molecule has 0 spiro atoms. The van der Waals surface area contributed by atoms with Crippen molar-refractivity contribution in [3.8, 4) is 0 Å². The van der Waals surface area contributed by atoms with Gasteiger partial charge in [0.15, 0.2) is 0 Å². The standard InChI is InChI=1S/C13H26O3/c1-3-5-7-8-10-12-16-13(14)15-11-9-6-4-2/h3-12H2,1-2H3. The van der Waals surface area contributed by atoms with E-state index in [0.717, 1.165) is 32.1 Å². The van der Waals surface area contributed by atoms with E-state index in [2.05, 4.69) is 13.8 Å². The van der Waals surface area contributed by atoms with Crippen LogP contribution < -0.4 is 0 Å². The van der Waals surface area contributed by atoms with Crippen molar-refractivity contribution in [3.63, 3.8) is 0 Å². The van der Waals surface area contributed by atoms with E-state index in [1.54, 1.807) is 0 Å². The number of hydrogen-bond acceptors (Lipinski definition) is 3. The molecule has 0 N–H and O–H groups in total. The van der Waals surface area contributed by atoms with E-state index in [-0.39, 0.29) is 0 Å². The summed E-state index contributed by atoms with van der Waals surface area (Å²) in [6.45, 7) is 5.29. The summed E-state index contributed by atoms with van der Waals surface area (Å²) in [6, 6.07) is 0. The van der Waals surface area contributed by atoms with Crippen molar-refractivity contribution in [2.45, 2.75) is 65.2 Å². The van der Waals surface area contributed by atoms with Gasteiger partial charge in [-0.1, -0.05) is 52.4 Å². The topological polar surface area (TPSA) is 35.5 Å². The van der Waals surface area contributed by atoms with Crippen LogP contribution in [0.3, 0.4) is 0 Å². The van der Waals surface area contributed by atoms with Gasteiger partial charge in [-0.2, -0.15) is 0 Å². The Balaban J connectivity index is 3.11. The van der Waals surface area contributed by atoms with Crippen LogP contribution in [0.25, 0.3) is 0 Å². The molecule has 0 radical (unpaired) electrons. The molecule has 0 rings (SSSR count). The Bertz CT molecular complexity index is 157. The molecule has 0 atom stereocenters. The van der Waals surface area contributed by atoms with Gasteiger partial charge in [0.2, 0.25) is 0 Å². The molecular weight excluding hydrogens is 204 g/mol. The SMILES string of the molecule is CCCCCCCOC(=O)OCCCCC. The quantitative estimate of drug-likeness (QED) is 0.414. The molecule has 16 heavy (non-hydrogen) atoms. The molecule has 3 heteroatoms. The smallest absolute Gasteiger partial charge is 0.434 e. The highest BCUT2D eigenvalue weighted by atomic mass is 16.7. The van der Waals surface area contributed by atoms with Gasteiger partial charge in [0.05, 0.1) is 13.2 Å². The fraction of sp³-hybridized carbons (Fsp3) is 0.923. The highest BCUT2D eigenvalue weighted by molar-refractivity contribution is 5.59. The summed E-state index contributed by atoms with van der Waals surface area (Å²) in [4.78, 5) is 11.1. The summed E-state index contributed by atoms with van der Waals surface area (Å²) in [7, 11) is 0. The number of ether oxygens (including phenoxy) is 2. The molecule has 0 aliphatic carbocycles. The molecule has 0 aliphatic heterocycles. The molecule has 0 aliphatic rings. The lowest BCUT2D eigenvalue weighted by molar-refractivity contribution is 0.0530. The predicted octanol–water partition coefficient (Wildman–Crippen LogP) is 4.30. The van der Waals surface area contributed by atoms with Crippen LogP contribution in [0.1, 0.15) is 65.2 Å². The van der Waals surface area contributed by atoms with Crippen LogP contribution in [0.5, 0.6) is 0 Å². The molecule has 0 aromatic carbocycles. The van der Waals surface area contributed by atoms with Crippen LogP contribution in [0.2, 0.25) is 0 Å². The zero-order valence-corrected chi connectivity index (χ0v) is 10.8. The molecular formula is C13H26O3. The Kier molecular flexibility index (Phi) is 11.8. The third kappa shape index (κ3) is 11.3. The largest absolute Gasteiger partial charge is 0.508 e. The van der Waals surface area contributed by atoms with Gasteiger partial charge in [0.1, 0.15) is 0 Å². The summed E-state index contributed by atoms with van der Waals surface area (Å²) in [5.41, 5.74) is 0. The first-order valence-electron chi connectivity index (χ1n) is 6.60. The first-order chi connectivity index (χ1) is 7.81. The average molecular weight is 230 g/mol. The molecule has 0 aromatic heterocycles. The summed E-state index contributed by atoms with van der Waals surface area (Å²) >= 11 is 0. The second-order valence-electron chi connectivity index (χ2n) is 4.07. The lowest BCUT2D eigenvalue weighted by Gasteiger charge is -2.05. The second kappa shape index (κ2) is 12.3. The van der Waals surface area contributed by atoms with E-state index in [4.69, 9.17) is 9.47 Å². The maximum Gasteiger partial charge on any atom is 0.508 e. The fourth-order valence-corrected chi connectivity index (χ4v) is 1.41. The zero-order valence-electron chi connectivity index (χ0n) is 10.8. The molecule has 0 fully saturated rings. The molecule has 0 bridgehead atoms. The van der Waals surface area contributed by atoms with E-state index in [1.165, 1.54) is 19.3 Å². The third-order valence-electron chi connectivity index (χ3n) is 2.44. The molecule has 0 saturated heterocycles. The maximum atomic E-state index is 11.1. The van der Waals surface area contributed by atoms with Gasteiger partial charge >= 0.3 is 6.16 Å². The molecule has 0 amide bonds. The number of unbranched alkanes of at least 4 members (excludes halogenated alkanes) is 6. The molecule has 0 heterocycles. The molecule has 0 aromatic rings. The van der Waals surface area contributed by atoms with Crippen LogP contribution in [-0.4, -0.2) is 19.4 Å². The third-order valence-corrected chi connectivity index (χ3v) is 2.44. The first-order valence-corrected chi connectivity index (χ1v) is 6.60. The Labute approximate surface area is 99.5 Å². The maximum absolute atomic E-state index is 11.1. The van der Waals surface area contributed by atoms with E-state index in [1.807, 2.05) is 0 Å². The van der Waals surface area contributed by atoms with Gasteiger partial charge in [0, 0.05) is 0 Å². The molecule has 96 valence electrons. The number of carbonyl (C=O) groups excluding carboxylic acids is 1. The van der Waals surface area contributed by atoms with Crippen LogP contribution in [0, 0.1) is 0 Å². The monoisotopic (exact) mass is 230 g/mol. The van der Waals surface area contributed by atoms with Crippen LogP contribution in [-0.2, 0) is 9.47 Å². The van der Waals surface area contributed by atoms with Crippen LogP contribution in [0.4, 0.5) is 4.79 Å². The van der Waals surface area contributed by atoms with Gasteiger partial charge in [-0.05, 0) is 12.8 Å². The Morgan fingerprint density at radius 1 is 0.750 bits per heavy atom. The average Bonchev–Trinajstić information content (AvgIpc) is 2.29. The van der Waals surface area contributed by atoms with Crippen molar-refractivity contribution >= 4 is 6.16 Å². The van der Waals surface area contributed by atoms with Crippen molar-refractivity contribution < 1.29 is 14.3 Å². The molecule has 3 nitrogen and oxygen atoms in total. The Morgan fingerprint density at radius 3 is 1.75 bits per heavy atom. The minimum Gasteiger partial charge on any atom is -0.434 e. The number of rotatable bonds is 10. The summed E-state index contributed by atoms with van der Waals surface area (Å²) in [6.07, 6.45) is 8.47. The van der Waals surface area contributed by atoms with Crippen molar-refractivity contribution in [3.05, 3.63) is 0 Å². The van der Waals surface area contributed by atoms with Gasteiger partial charge in [-0.25, -0.2) is 4.79 Å². The lowest BCUT2D eigenvalue weighted by Crippen LogP contribution is -2.09. The van der Waals surface area contributed by atoms with E-state index in [0.29, 0.717) is 13.2 Å². The van der Waals surface area contributed by atoms with E-state index in [9.17, 15) is 4.79 Å². The summed E-state index contributed by atoms with van der Waals surface area (Å²) in [5.74, 6) is 0. The van der Waals surface area contributed by atoms with Gasteiger partial charge in [-0.3, -0.25) is 0 Å². The number of carbonyl (C=O) groups is 1. The molecule has 0 unspecified atom stereocenters. The highest BCUT2D eigenvalue weighted by Gasteiger charge is 2.02. The second-order valence-corrected chi connectivity index (χ2v) is 4.07. The predicted molar refractivity (Wildman–Crippen MR) is 65.6 cm³/mol. The zero-order chi connectivity index (χ0) is 12.1. The Hall–Kier alpha value is -0.730. The van der Waals surface area contributed by atoms with Crippen LogP contribution >= 0.6 is 0 Å². The lowest BCUT2D eigenvalue weighted by atomic mass is 10.2. The van der Waals surface area contributed by atoms with Crippen molar-refractivity contribution in [2.75, 3.05) is 13.2 Å². The van der Waals surface area contributed by atoms with Gasteiger partial charge in [-0.15, -0.1) is 0 Å². The highest BCUT2D eigenvalue weighted by Crippen LogP contribution is 2.03. The number of hydrogen-bond donors (Lipinski definition) is 0. The Morgan fingerprint density at radius 2 is 1.19 bits per heavy atom. The van der Waals surface area contributed by atoms with Crippen LogP contribution in [0.15, 0.2) is 0 Å². The van der Waals surface area contributed by atoms with Gasteiger partial charge in [0.25, 0.3) is 0 Å². The van der Waals surface area contributed by atoms with E-state index >= 15 is 0 Å². The summed E-state index contributed by atoms with van der Waals surface area (Å²) < 4.78 is 9.85. The van der Waals surface area contributed by atoms with Crippen molar-refractivity contribution in [1.29, 1.82) is 0 Å². The fourth-order valence-electron chi connectivity index (χ4n) is 1.41. The van der Waals surface area contributed by atoms with E-state index < -0.39 is 6.16 Å². The van der Waals surface area contributed by atoms with Crippen molar-refractivity contribution in [1.82, 2.24) is 0 Å². The summed E-state index contributed by atoms with van der Waals surface area (Å²) in [5, 5.41) is 0. The normalized spacial score (nSPS) is 10.1. The minimum absolute atomic E-state index is 0.489.